The second-order valence-electron chi connectivity index (χ2n) is 7.64. The molecule has 1 atom stereocenters. The molecule has 0 aliphatic carbocycles. The molecular formula is C23H25N3O2. The third-order valence-electron chi connectivity index (χ3n) is 5.59. The number of nitro benzene ring substituents is 1. The van der Waals surface area contributed by atoms with Gasteiger partial charge in [0.05, 0.1) is 11.0 Å². The Bertz CT molecular complexity index is 1010. The molecular weight excluding hydrogens is 350 g/mol. The van der Waals surface area contributed by atoms with Gasteiger partial charge in [0, 0.05) is 43.7 Å². The van der Waals surface area contributed by atoms with Gasteiger partial charge in [0.1, 0.15) is 0 Å². The zero-order valence-corrected chi connectivity index (χ0v) is 16.3. The van der Waals surface area contributed by atoms with Crippen LogP contribution in [0.3, 0.4) is 0 Å². The summed E-state index contributed by atoms with van der Waals surface area (Å²) in [4.78, 5) is 13.3. The molecule has 1 aromatic heterocycles. The third kappa shape index (κ3) is 3.58. The van der Waals surface area contributed by atoms with Crippen molar-refractivity contribution in [1.82, 2.24) is 9.47 Å². The number of aryl methyl sites for hydroxylation is 3. The van der Waals surface area contributed by atoms with Crippen molar-refractivity contribution < 1.29 is 4.92 Å². The molecule has 5 nitrogen and oxygen atoms in total. The van der Waals surface area contributed by atoms with E-state index in [1.807, 2.05) is 6.07 Å². The topological polar surface area (TPSA) is 51.3 Å². The molecule has 0 spiro atoms. The minimum Gasteiger partial charge on any atom is -0.350 e. The number of benzene rings is 2. The van der Waals surface area contributed by atoms with E-state index in [2.05, 4.69) is 59.8 Å². The van der Waals surface area contributed by atoms with Gasteiger partial charge in [-0.1, -0.05) is 35.9 Å². The van der Waals surface area contributed by atoms with Crippen molar-refractivity contribution in [1.29, 1.82) is 0 Å². The monoisotopic (exact) mass is 375 g/mol. The van der Waals surface area contributed by atoms with E-state index >= 15 is 0 Å². The molecule has 28 heavy (non-hydrogen) atoms. The highest BCUT2D eigenvalue weighted by molar-refractivity contribution is 5.39. The van der Waals surface area contributed by atoms with Gasteiger partial charge in [0.15, 0.2) is 0 Å². The second kappa shape index (κ2) is 7.60. The first-order valence-electron chi connectivity index (χ1n) is 9.72. The number of non-ortho nitro benzene ring substituents is 1. The number of rotatable bonds is 4. The van der Waals surface area contributed by atoms with Gasteiger partial charge < -0.3 is 4.57 Å². The SMILES string of the molecule is Cc1ccc(C)c([C@@H]2c3cccn3CCCN2Cc2cccc([N+](=O)[O-])c2)c1. The average molecular weight is 375 g/mol. The van der Waals surface area contributed by atoms with Gasteiger partial charge >= 0.3 is 0 Å². The van der Waals surface area contributed by atoms with Crippen LogP contribution in [0, 0.1) is 24.0 Å². The van der Waals surface area contributed by atoms with E-state index in [0.29, 0.717) is 6.54 Å². The summed E-state index contributed by atoms with van der Waals surface area (Å²) in [6.45, 7) is 6.92. The van der Waals surface area contributed by atoms with Crippen LogP contribution in [0.1, 0.15) is 40.4 Å². The Hall–Kier alpha value is -2.92. The summed E-state index contributed by atoms with van der Waals surface area (Å²) in [6.07, 6.45) is 3.21. The van der Waals surface area contributed by atoms with Crippen molar-refractivity contribution in [2.24, 2.45) is 0 Å². The smallest absolute Gasteiger partial charge is 0.269 e. The first kappa shape index (κ1) is 18.4. The Morgan fingerprint density at radius 2 is 1.93 bits per heavy atom. The summed E-state index contributed by atoms with van der Waals surface area (Å²) in [5.41, 5.74) is 6.25. The molecule has 0 bridgehead atoms. The number of fused-ring (bicyclic) bond motifs is 1. The normalized spacial score (nSPS) is 17.1. The number of nitrogens with zero attached hydrogens (tertiary/aromatic N) is 3. The zero-order chi connectivity index (χ0) is 19.7. The summed E-state index contributed by atoms with van der Waals surface area (Å²) >= 11 is 0. The van der Waals surface area contributed by atoms with Gasteiger partial charge in [-0.15, -0.1) is 0 Å². The van der Waals surface area contributed by atoms with E-state index < -0.39 is 0 Å². The van der Waals surface area contributed by atoms with Crippen LogP contribution in [-0.2, 0) is 13.1 Å². The number of nitro groups is 1. The van der Waals surface area contributed by atoms with E-state index in [1.54, 1.807) is 18.2 Å². The Morgan fingerprint density at radius 3 is 2.75 bits per heavy atom. The van der Waals surface area contributed by atoms with Crippen molar-refractivity contribution in [2.45, 2.75) is 39.4 Å². The highest BCUT2D eigenvalue weighted by atomic mass is 16.6. The molecule has 0 saturated heterocycles. The molecule has 1 aliphatic heterocycles. The third-order valence-corrected chi connectivity index (χ3v) is 5.59. The van der Waals surface area contributed by atoms with Gasteiger partial charge in [-0.3, -0.25) is 15.0 Å². The van der Waals surface area contributed by atoms with Gasteiger partial charge in [-0.2, -0.15) is 0 Å². The highest BCUT2D eigenvalue weighted by Crippen LogP contribution is 2.35. The Morgan fingerprint density at radius 1 is 1.07 bits per heavy atom. The van der Waals surface area contributed by atoms with Crippen LogP contribution in [0.25, 0.3) is 0 Å². The summed E-state index contributed by atoms with van der Waals surface area (Å²) in [7, 11) is 0. The Labute approximate surface area is 165 Å². The molecule has 144 valence electrons. The number of aromatic nitrogens is 1. The quantitative estimate of drug-likeness (QED) is 0.476. The predicted octanol–water partition coefficient (Wildman–Crippen LogP) is 5.01. The standard InChI is InChI=1S/C23H25N3O2/c1-17-9-10-18(2)21(14-17)23-22-8-4-11-24(22)12-5-13-25(23)16-19-6-3-7-20(15-19)26(27)28/h3-4,6-11,14-15,23H,5,12-13,16H2,1-2H3/t23-/m1/s1. The highest BCUT2D eigenvalue weighted by Gasteiger charge is 2.28. The van der Waals surface area contributed by atoms with Crippen molar-refractivity contribution in [2.75, 3.05) is 6.54 Å². The predicted molar refractivity (Wildman–Crippen MR) is 110 cm³/mol. The van der Waals surface area contributed by atoms with Crippen LogP contribution in [0.2, 0.25) is 0 Å². The largest absolute Gasteiger partial charge is 0.350 e. The second-order valence-corrected chi connectivity index (χ2v) is 7.64. The van der Waals surface area contributed by atoms with E-state index in [-0.39, 0.29) is 16.7 Å². The molecule has 0 fully saturated rings. The molecule has 1 aliphatic rings. The van der Waals surface area contributed by atoms with Gasteiger partial charge in [-0.25, -0.2) is 0 Å². The molecule has 4 rings (SSSR count). The minimum atomic E-state index is -0.320. The van der Waals surface area contributed by atoms with Crippen molar-refractivity contribution in [3.63, 3.8) is 0 Å². The lowest BCUT2D eigenvalue weighted by atomic mass is 9.95. The van der Waals surface area contributed by atoms with Gasteiger partial charge in [-0.05, 0) is 49.1 Å². The Kier molecular flexibility index (Phi) is 5.01. The molecule has 2 aromatic carbocycles. The van der Waals surface area contributed by atoms with Crippen LogP contribution < -0.4 is 0 Å². The minimum absolute atomic E-state index is 0.136. The molecule has 0 radical (unpaired) electrons. The summed E-state index contributed by atoms with van der Waals surface area (Å²) in [5, 5.41) is 11.2. The average Bonchev–Trinajstić information content (AvgIpc) is 3.06. The molecule has 0 N–H and O–H groups in total. The molecule has 2 heterocycles. The molecule has 5 heteroatoms. The zero-order valence-electron chi connectivity index (χ0n) is 16.3. The van der Waals surface area contributed by atoms with Crippen LogP contribution in [0.5, 0.6) is 0 Å². The lowest BCUT2D eigenvalue weighted by Gasteiger charge is -2.32. The Balaban J connectivity index is 1.77. The first-order valence-corrected chi connectivity index (χ1v) is 9.72. The number of hydrogen-bond donors (Lipinski definition) is 0. The molecule has 3 aromatic rings. The fourth-order valence-corrected chi connectivity index (χ4v) is 4.22. The van der Waals surface area contributed by atoms with Gasteiger partial charge in [0.2, 0.25) is 0 Å². The van der Waals surface area contributed by atoms with Crippen molar-refractivity contribution >= 4 is 5.69 Å². The summed E-state index contributed by atoms with van der Waals surface area (Å²) < 4.78 is 2.35. The molecule has 0 saturated carbocycles. The fourth-order valence-electron chi connectivity index (χ4n) is 4.22. The maximum atomic E-state index is 11.2. The number of hydrogen-bond acceptors (Lipinski definition) is 3. The maximum Gasteiger partial charge on any atom is 0.269 e. The van der Waals surface area contributed by atoms with Crippen LogP contribution in [0.4, 0.5) is 5.69 Å². The van der Waals surface area contributed by atoms with E-state index in [9.17, 15) is 10.1 Å². The van der Waals surface area contributed by atoms with E-state index in [4.69, 9.17) is 0 Å². The lowest BCUT2D eigenvalue weighted by Crippen LogP contribution is -2.30. The van der Waals surface area contributed by atoms with Crippen LogP contribution in [-0.4, -0.2) is 20.9 Å². The lowest BCUT2D eigenvalue weighted by molar-refractivity contribution is -0.384. The summed E-state index contributed by atoms with van der Waals surface area (Å²) in [5.74, 6) is 0. The van der Waals surface area contributed by atoms with E-state index in [0.717, 1.165) is 25.1 Å². The van der Waals surface area contributed by atoms with Crippen LogP contribution in [0.15, 0.2) is 60.8 Å². The van der Waals surface area contributed by atoms with Crippen molar-refractivity contribution in [3.8, 4) is 0 Å². The van der Waals surface area contributed by atoms with E-state index in [1.165, 1.54) is 22.4 Å². The van der Waals surface area contributed by atoms with Gasteiger partial charge in [0.25, 0.3) is 5.69 Å². The maximum absolute atomic E-state index is 11.2. The van der Waals surface area contributed by atoms with Crippen LogP contribution >= 0.6 is 0 Å². The fraction of sp³-hybridized carbons (Fsp3) is 0.304. The van der Waals surface area contributed by atoms with Crippen molar-refractivity contribution in [3.05, 3.63) is 98.9 Å². The summed E-state index contributed by atoms with van der Waals surface area (Å²) in [6, 6.07) is 18.1. The molecule has 0 amide bonds. The molecule has 0 unspecified atom stereocenters. The first-order chi connectivity index (χ1) is 13.5.